The number of rotatable bonds is 12. The normalized spacial score (nSPS) is 11.7. The molecule has 3 N–H and O–H groups in total. The van der Waals surface area contributed by atoms with Crippen molar-refractivity contribution in [3.05, 3.63) is 0 Å². The third kappa shape index (κ3) is 17.2. The van der Waals surface area contributed by atoms with E-state index in [4.69, 9.17) is 9.47 Å². The summed E-state index contributed by atoms with van der Waals surface area (Å²) < 4.78 is 10.1. The summed E-state index contributed by atoms with van der Waals surface area (Å²) in [6.07, 6.45) is 3.92. The second kappa shape index (κ2) is 15.1. The first-order chi connectivity index (χ1) is 12.8. The van der Waals surface area contributed by atoms with Gasteiger partial charge >= 0.3 is 12.1 Å². The fourth-order valence-corrected chi connectivity index (χ4v) is 2.16. The van der Waals surface area contributed by atoms with E-state index in [2.05, 4.69) is 20.9 Å². The van der Waals surface area contributed by atoms with E-state index in [9.17, 15) is 9.59 Å². The number of amides is 1. The number of nitrogens with zero attached hydrogens (tertiary/aromatic N) is 1. The molecule has 0 fully saturated rings. The Kier molecular flexibility index (Phi) is 14.0. The lowest BCUT2D eigenvalue weighted by molar-refractivity contribution is -0.143. The first-order valence-corrected chi connectivity index (χ1v) is 9.93. The first-order valence-electron chi connectivity index (χ1n) is 9.93. The predicted molar refractivity (Wildman–Crippen MR) is 108 cm³/mol. The molecule has 27 heavy (non-hydrogen) atoms. The Balaban J connectivity index is 3.88. The van der Waals surface area contributed by atoms with Crippen LogP contribution in [-0.2, 0) is 14.3 Å². The average Bonchev–Trinajstić information content (AvgIpc) is 2.56. The number of carbonyl (C=O) groups excluding carboxylic acids is 2. The van der Waals surface area contributed by atoms with Crippen LogP contribution >= 0.6 is 0 Å². The SMILES string of the molecule is CCNC(=NCCCCCCC(=O)OCC)NCCNC(=O)OC(C)(C)C. The van der Waals surface area contributed by atoms with Crippen LogP contribution in [0.1, 0.15) is 66.7 Å². The largest absolute Gasteiger partial charge is 0.466 e. The fourth-order valence-electron chi connectivity index (χ4n) is 2.16. The number of carbonyl (C=O) groups is 2. The lowest BCUT2D eigenvalue weighted by atomic mass is 10.1. The minimum absolute atomic E-state index is 0.117. The van der Waals surface area contributed by atoms with Crippen molar-refractivity contribution in [1.29, 1.82) is 0 Å². The Morgan fingerprint density at radius 2 is 1.59 bits per heavy atom. The van der Waals surface area contributed by atoms with Crippen LogP contribution < -0.4 is 16.0 Å². The molecule has 0 saturated heterocycles. The zero-order valence-electron chi connectivity index (χ0n) is 17.7. The summed E-state index contributed by atoms with van der Waals surface area (Å²) in [4.78, 5) is 27.3. The summed E-state index contributed by atoms with van der Waals surface area (Å²) in [6.45, 7) is 12.3. The van der Waals surface area contributed by atoms with Crippen molar-refractivity contribution < 1.29 is 19.1 Å². The maximum Gasteiger partial charge on any atom is 0.407 e. The fraction of sp³-hybridized carbons (Fsp3) is 0.842. The van der Waals surface area contributed by atoms with E-state index in [1.807, 2.05) is 34.6 Å². The third-order valence-corrected chi connectivity index (χ3v) is 3.29. The van der Waals surface area contributed by atoms with E-state index in [0.29, 0.717) is 32.7 Å². The molecule has 0 unspecified atom stereocenters. The Morgan fingerprint density at radius 1 is 0.926 bits per heavy atom. The van der Waals surface area contributed by atoms with Crippen molar-refractivity contribution >= 4 is 18.0 Å². The van der Waals surface area contributed by atoms with E-state index >= 15 is 0 Å². The molecular formula is C19H38N4O4. The Bertz CT molecular complexity index is 447. The van der Waals surface area contributed by atoms with Crippen molar-refractivity contribution in [2.75, 3.05) is 32.8 Å². The van der Waals surface area contributed by atoms with Gasteiger partial charge in [-0.15, -0.1) is 0 Å². The van der Waals surface area contributed by atoms with Crippen LogP contribution in [0.3, 0.4) is 0 Å². The maximum absolute atomic E-state index is 11.6. The van der Waals surface area contributed by atoms with Gasteiger partial charge in [-0.3, -0.25) is 9.79 Å². The molecule has 0 aliphatic carbocycles. The van der Waals surface area contributed by atoms with Crippen LogP contribution in [0, 0.1) is 0 Å². The van der Waals surface area contributed by atoms with Crippen LogP contribution in [0.5, 0.6) is 0 Å². The summed E-state index contributed by atoms with van der Waals surface area (Å²) in [5.74, 6) is 0.615. The van der Waals surface area contributed by atoms with E-state index in [1.165, 1.54) is 0 Å². The topological polar surface area (TPSA) is 101 Å². The number of ether oxygens (including phenoxy) is 2. The standard InChI is InChI=1S/C19H38N4O4/c1-6-20-17(22-14-15-23-18(25)27-19(3,4)5)21-13-11-9-8-10-12-16(24)26-7-2/h6-15H2,1-5H3,(H,23,25)(H2,20,21,22). The van der Waals surface area contributed by atoms with Gasteiger partial charge in [0.1, 0.15) is 5.60 Å². The number of aliphatic imine (C=N–C) groups is 1. The lowest BCUT2D eigenvalue weighted by Gasteiger charge is -2.19. The number of guanidine groups is 1. The zero-order valence-corrected chi connectivity index (χ0v) is 17.7. The molecule has 0 bridgehead atoms. The van der Waals surface area contributed by atoms with E-state index < -0.39 is 11.7 Å². The Hall–Kier alpha value is -1.99. The second-order valence-corrected chi connectivity index (χ2v) is 7.09. The molecule has 0 rings (SSSR count). The van der Waals surface area contributed by atoms with Crippen molar-refractivity contribution in [2.24, 2.45) is 4.99 Å². The molecule has 8 heteroatoms. The monoisotopic (exact) mass is 386 g/mol. The van der Waals surface area contributed by atoms with Gasteiger partial charge in [-0.25, -0.2) is 4.79 Å². The average molecular weight is 387 g/mol. The highest BCUT2D eigenvalue weighted by Gasteiger charge is 2.15. The number of nitrogens with one attached hydrogen (secondary N) is 3. The molecule has 0 atom stereocenters. The molecule has 0 radical (unpaired) electrons. The van der Waals surface area contributed by atoms with Crippen molar-refractivity contribution in [3.8, 4) is 0 Å². The van der Waals surface area contributed by atoms with E-state index in [-0.39, 0.29) is 5.97 Å². The van der Waals surface area contributed by atoms with E-state index in [1.54, 1.807) is 0 Å². The quantitative estimate of drug-likeness (QED) is 0.206. The number of hydrogen-bond donors (Lipinski definition) is 3. The highest BCUT2D eigenvalue weighted by molar-refractivity contribution is 5.79. The van der Waals surface area contributed by atoms with Crippen LogP contribution in [0.4, 0.5) is 4.79 Å². The third-order valence-electron chi connectivity index (χ3n) is 3.29. The van der Waals surface area contributed by atoms with E-state index in [0.717, 1.165) is 38.2 Å². The lowest BCUT2D eigenvalue weighted by Crippen LogP contribution is -2.42. The summed E-state index contributed by atoms with van der Waals surface area (Å²) in [6, 6.07) is 0. The van der Waals surface area contributed by atoms with Gasteiger partial charge in [0.2, 0.25) is 0 Å². The Morgan fingerprint density at radius 3 is 2.22 bits per heavy atom. The highest BCUT2D eigenvalue weighted by atomic mass is 16.6. The second-order valence-electron chi connectivity index (χ2n) is 7.09. The van der Waals surface area contributed by atoms with Crippen LogP contribution in [-0.4, -0.2) is 56.4 Å². The van der Waals surface area contributed by atoms with Crippen LogP contribution in [0.2, 0.25) is 0 Å². The molecule has 158 valence electrons. The van der Waals surface area contributed by atoms with Crippen LogP contribution in [0.15, 0.2) is 4.99 Å². The summed E-state index contributed by atoms with van der Waals surface area (Å²) >= 11 is 0. The summed E-state index contributed by atoms with van der Waals surface area (Å²) in [7, 11) is 0. The van der Waals surface area contributed by atoms with Gasteiger partial charge in [-0.1, -0.05) is 12.8 Å². The van der Waals surface area contributed by atoms with Gasteiger partial charge in [0.15, 0.2) is 5.96 Å². The summed E-state index contributed by atoms with van der Waals surface area (Å²) in [5.41, 5.74) is -0.496. The van der Waals surface area contributed by atoms with Gasteiger partial charge < -0.3 is 25.4 Å². The maximum atomic E-state index is 11.6. The van der Waals surface area contributed by atoms with Gasteiger partial charge in [-0.2, -0.15) is 0 Å². The number of esters is 1. The predicted octanol–water partition coefficient (Wildman–Crippen LogP) is 2.58. The highest BCUT2D eigenvalue weighted by Crippen LogP contribution is 2.06. The molecule has 0 aromatic heterocycles. The van der Waals surface area contributed by atoms with Gasteiger partial charge in [-0.05, 0) is 47.5 Å². The van der Waals surface area contributed by atoms with Gasteiger partial charge in [0.25, 0.3) is 0 Å². The van der Waals surface area contributed by atoms with Gasteiger partial charge in [0.05, 0.1) is 6.61 Å². The molecule has 0 aliphatic rings. The molecule has 0 aromatic carbocycles. The van der Waals surface area contributed by atoms with Crippen LogP contribution in [0.25, 0.3) is 0 Å². The molecule has 0 saturated carbocycles. The molecule has 1 amide bonds. The van der Waals surface area contributed by atoms with Crippen molar-refractivity contribution in [2.45, 2.75) is 72.3 Å². The Labute approximate surface area is 163 Å². The molecular weight excluding hydrogens is 348 g/mol. The zero-order chi connectivity index (χ0) is 20.5. The molecule has 0 spiro atoms. The molecule has 0 aromatic rings. The molecule has 0 heterocycles. The number of unbranched alkanes of at least 4 members (excludes halogenated alkanes) is 3. The number of alkyl carbamates (subject to hydrolysis) is 1. The molecule has 8 nitrogen and oxygen atoms in total. The first kappa shape index (κ1) is 25.0. The van der Waals surface area contributed by atoms with Gasteiger partial charge in [0, 0.05) is 32.6 Å². The molecule has 0 aliphatic heterocycles. The minimum Gasteiger partial charge on any atom is -0.466 e. The smallest absolute Gasteiger partial charge is 0.407 e. The number of hydrogen-bond acceptors (Lipinski definition) is 5. The van der Waals surface area contributed by atoms with Crippen molar-refractivity contribution in [1.82, 2.24) is 16.0 Å². The summed E-state index contributed by atoms with van der Waals surface area (Å²) in [5, 5.41) is 9.05. The van der Waals surface area contributed by atoms with Crippen molar-refractivity contribution in [3.63, 3.8) is 0 Å². The minimum atomic E-state index is -0.496.